The number of rotatable bonds is 6. The van der Waals surface area contributed by atoms with E-state index in [4.69, 9.17) is 9.84 Å². The summed E-state index contributed by atoms with van der Waals surface area (Å²) >= 11 is 1.99. The molecule has 1 rings (SSSR count). The number of Topliss-reactive ketones (excluding diaryl/α,β-unsaturated/α-hetero) is 1. The first-order valence-corrected chi connectivity index (χ1v) is 6.08. The van der Waals surface area contributed by atoms with Crippen LogP contribution < -0.4 is 4.74 Å². The van der Waals surface area contributed by atoms with Crippen LogP contribution in [0.15, 0.2) is 12.1 Å². The minimum atomic E-state index is -0.893. The van der Waals surface area contributed by atoms with Gasteiger partial charge in [-0.05, 0) is 41.1 Å². The highest BCUT2D eigenvalue weighted by Crippen LogP contribution is 2.19. The Hall–Kier alpha value is -1.18. The number of hydrogen-bond acceptors (Lipinski definition) is 4. The van der Waals surface area contributed by atoms with Crippen molar-refractivity contribution >= 4 is 34.3 Å². The van der Waals surface area contributed by atoms with Crippen LogP contribution in [0.25, 0.3) is 0 Å². The summed E-state index contributed by atoms with van der Waals surface area (Å²) < 4.78 is 5.65. The number of carboxylic acids is 1. The number of methoxy groups -OCH3 is 1. The average Bonchev–Trinajstić information content (AvgIpc) is 2.28. The molecular weight excluding hydrogens is 337 g/mol. The predicted octanol–water partition coefficient (Wildman–Crippen LogP) is 2.13. The molecule has 0 saturated carbocycles. The molecule has 0 aliphatic carbocycles. The maximum atomic E-state index is 11.7. The summed E-state index contributed by atoms with van der Waals surface area (Å²) in [5, 5.41) is 8.46. The fourth-order valence-electron chi connectivity index (χ4n) is 1.26. The minimum absolute atomic E-state index is 0.00101. The van der Waals surface area contributed by atoms with Gasteiger partial charge in [0, 0.05) is 12.8 Å². The van der Waals surface area contributed by atoms with Gasteiger partial charge >= 0.3 is 5.97 Å². The largest absolute Gasteiger partial charge is 0.494 e. The number of nitrogens with zero attached hydrogens (tertiary/aromatic N) is 1. The van der Waals surface area contributed by atoms with Crippen LogP contribution in [-0.4, -0.2) is 29.0 Å². The summed E-state index contributed by atoms with van der Waals surface area (Å²) in [6.45, 7) is 0. The van der Waals surface area contributed by atoms with Crippen molar-refractivity contribution in [1.29, 1.82) is 0 Å². The molecule has 1 aromatic heterocycles. The monoisotopic (exact) mass is 349 g/mol. The van der Waals surface area contributed by atoms with Crippen molar-refractivity contribution in [2.75, 3.05) is 7.11 Å². The van der Waals surface area contributed by atoms with Gasteiger partial charge in [-0.25, -0.2) is 4.98 Å². The first-order valence-electron chi connectivity index (χ1n) is 5.00. The Balaban J connectivity index is 2.63. The molecule has 6 heteroatoms. The summed E-state index contributed by atoms with van der Waals surface area (Å²) in [6.07, 6.45) is 0.527. The zero-order chi connectivity index (χ0) is 12.8. The van der Waals surface area contributed by atoms with Crippen LogP contribution in [0.3, 0.4) is 0 Å². The van der Waals surface area contributed by atoms with E-state index in [1.165, 1.54) is 7.11 Å². The van der Waals surface area contributed by atoms with Gasteiger partial charge in [-0.2, -0.15) is 0 Å². The summed E-state index contributed by atoms with van der Waals surface area (Å²) in [5.41, 5.74) is 0.348. The number of pyridine rings is 1. The van der Waals surface area contributed by atoms with Crippen LogP contribution in [0.4, 0.5) is 0 Å². The Labute approximate surface area is 112 Å². The fourth-order valence-corrected chi connectivity index (χ4v) is 1.92. The molecule has 0 aliphatic rings. The molecule has 0 radical (unpaired) electrons. The van der Waals surface area contributed by atoms with E-state index < -0.39 is 5.97 Å². The van der Waals surface area contributed by atoms with Gasteiger partial charge in [-0.15, -0.1) is 0 Å². The molecule has 92 valence electrons. The fraction of sp³-hybridized carbons (Fsp3) is 0.364. The van der Waals surface area contributed by atoms with Crippen LogP contribution in [0.1, 0.15) is 29.8 Å². The molecule has 0 bridgehead atoms. The van der Waals surface area contributed by atoms with E-state index in [2.05, 4.69) is 4.98 Å². The second-order valence-electron chi connectivity index (χ2n) is 3.36. The van der Waals surface area contributed by atoms with Gasteiger partial charge in [0.05, 0.1) is 7.11 Å². The third-order valence-corrected chi connectivity index (χ3v) is 2.89. The molecule has 0 unspecified atom stereocenters. The Bertz CT molecular complexity index is 433. The van der Waals surface area contributed by atoms with Crippen molar-refractivity contribution in [3.63, 3.8) is 0 Å². The lowest BCUT2D eigenvalue weighted by Gasteiger charge is -2.04. The van der Waals surface area contributed by atoms with E-state index in [-0.39, 0.29) is 18.6 Å². The molecule has 0 atom stereocenters. The average molecular weight is 349 g/mol. The molecule has 0 aromatic carbocycles. The van der Waals surface area contributed by atoms with E-state index in [1.807, 2.05) is 22.6 Å². The van der Waals surface area contributed by atoms with Crippen molar-refractivity contribution in [1.82, 2.24) is 4.98 Å². The van der Waals surface area contributed by atoms with Crippen LogP contribution in [0, 0.1) is 3.70 Å². The number of carboxylic acid groups (broad SMARTS) is 1. The van der Waals surface area contributed by atoms with Gasteiger partial charge < -0.3 is 9.84 Å². The van der Waals surface area contributed by atoms with Gasteiger partial charge in [0.1, 0.15) is 9.39 Å². The molecule has 1 N–H and O–H groups in total. The molecule has 0 amide bonds. The summed E-state index contributed by atoms with van der Waals surface area (Å²) in [5.74, 6) is -0.422. The molecule has 1 heterocycles. The number of halogens is 1. The standard InChI is InChI=1S/C11H12INO4/c1-17-9-6-5-7(13-11(9)12)8(14)3-2-4-10(15)16/h5-6H,2-4H2,1H3,(H,15,16). The summed E-state index contributed by atoms with van der Waals surface area (Å²) in [4.78, 5) is 26.1. The van der Waals surface area contributed by atoms with Crippen LogP contribution >= 0.6 is 22.6 Å². The number of aromatic nitrogens is 1. The van der Waals surface area contributed by atoms with Gasteiger partial charge in [0.25, 0.3) is 0 Å². The molecule has 5 nitrogen and oxygen atoms in total. The Morgan fingerprint density at radius 3 is 2.65 bits per heavy atom. The zero-order valence-corrected chi connectivity index (χ0v) is 11.4. The van der Waals surface area contributed by atoms with Crippen LogP contribution in [0.2, 0.25) is 0 Å². The van der Waals surface area contributed by atoms with E-state index >= 15 is 0 Å². The first kappa shape index (κ1) is 13.9. The van der Waals surface area contributed by atoms with E-state index in [0.717, 1.165) is 0 Å². The van der Waals surface area contributed by atoms with E-state index in [9.17, 15) is 9.59 Å². The Kier molecular flexibility index (Phi) is 5.33. The van der Waals surface area contributed by atoms with Crippen molar-refractivity contribution in [2.24, 2.45) is 0 Å². The minimum Gasteiger partial charge on any atom is -0.494 e. The zero-order valence-electron chi connectivity index (χ0n) is 9.27. The van der Waals surface area contributed by atoms with Crippen LogP contribution in [-0.2, 0) is 4.79 Å². The number of ether oxygens (including phenoxy) is 1. The number of hydrogen-bond donors (Lipinski definition) is 1. The Morgan fingerprint density at radius 2 is 2.12 bits per heavy atom. The molecule has 1 aromatic rings. The lowest BCUT2D eigenvalue weighted by Crippen LogP contribution is -2.05. The predicted molar refractivity (Wildman–Crippen MR) is 69.3 cm³/mol. The van der Waals surface area contributed by atoms with Gasteiger partial charge in [0.15, 0.2) is 11.5 Å². The number of ketones is 1. The summed E-state index contributed by atoms with van der Waals surface area (Å²) in [6, 6.07) is 3.27. The normalized spacial score (nSPS) is 10.0. The quantitative estimate of drug-likeness (QED) is 0.484. The number of aliphatic carboxylic acids is 1. The topological polar surface area (TPSA) is 76.5 Å². The third-order valence-electron chi connectivity index (χ3n) is 2.11. The maximum absolute atomic E-state index is 11.7. The maximum Gasteiger partial charge on any atom is 0.303 e. The molecular formula is C11H12INO4. The SMILES string of the molecule is COc1ccc(C(=O)CCCC(=O)O)nc1I. The molecule has 0 aliphatic heterocycles. The number of carbonyl (C=O) groups excluding carboxylic acids is 1. The first-order chi connectivity index (χ1) is 8.04. The van der Waals surface area contributed by atoms with Crippen molar-refractivity contribution in [3.05, 3.63) is 21.5 Å². The van der Waals surface area contributed by atoms with Gasteiger partial charge in [-0.3, -0.25) is 9.59 Å². The lowest BCUT2D eigenvalue weighted by atomic mass is 10.1. The highest BCUT2D eigenvalue weighted by molar-refractivity contribution is 14.1. The van der Waals surface area contributed by atoms with Crippen molar-refractivity contribution in [2.45, 2.75) is 19.3 Å². The third kappa shape index (κ3) is 4.29. The Morgan fingerprint density at radius 1 is 1.41 bits per heavy atom. The van der Waals surface area contributed by atoms with Crippen molar-refractivity contribution in [3.8, 4) is 5.75 Å². The van der Waals surface area contributed by atoms with Gasteiger partial charge in [0.2, 0.25) is 0 Å². The molecule has 0 spiro atoms. The highest BCUT2D eigenvalue weighted by atomic mass is 127. The van der Waals surface area contributed by atoms with E-state index in [1.54, 1.807) is 12.1 Å². The second-order valence-corrected chi connectivity index (χ2v) is 4.38. The number of carbonyl (C=O) groups is 2. The molecule has 0 fully saturated rings. The lowest BCUT2D eigenvalue weighted by molar-refractivity contribution is -0.137. The van der Waals surface area contributed by atoms with Crippen LogP contribution in [0.5, 0.6) is 5.75 Å². The van der Waals surface area contributed by atoms with E-state index in [0.29, 0.717) is 21.6 Å². The van der Waals surface area contributed by atoms with Gasteiger partial charge in [-0.1, -0.05) is 0 Å². The molecule has 17 heavy (non-hydrogen) atoms. The highest BCUT2D eigenvalue weighted by Gasteiger charge is 2.11. The second kappa shape index (κ2) is 6.53. The molecule has 0 saturated heterocycles. The van der Waals surface area contributed by atoms with Crippen molar-refractivity contribution < 1.29 is 19.4 Å². The summed E-state index contributed by atoms with van der Waals surface area (Å²) in [7, 11) is 1.54. The smallest absolute Gasteiger partial charge is 0.303 e.